The number of carbonyl (C=O) groups is 2. The van der Waals surface area contributed by atoms with Crippen molar-refractivity contribution < 1.29 is 9.59 Å². The molecule has 3 rings (SSSR count). The van der Waals surface area contributed by atoms with Gasteiger partial charge in [-0.3, -0.25) is 9.59 Å². The van der Waals surface area contributed by atoms with E-state index in [9.17, 15) is 9.59 Å². The highest BCUT2D eigenvalue weighted by Crippen LogP contribution is 2.25. The Morgan fingerprint density at radius 3 is 2.39 bits per heavy atom. The quantitative estimate of drug-likeness (QED) is 0.549. The van der Waals surface area contributed by atoms with Crippen molar-refractivity contribution in [3.63, 3.8) is 0 Å². The molecule has 28 heavy (non-hydrogen) atoms. The lowest BCUT2D eigenvalue weighted by atomic mass is 9.88. The molecular formula is C22H24ClN3O2. The van der Waals surface area contributed by atoms with Gasteiger partial charge in [-0.25, -0.2) is 5.43 Å². The minimum Gasteiger partial charge on any atom is -0.326 e. The van der Waals surface area contributed by atoms with Crippen LogP contribution in [0.5, 0.6) is 0 Å². The standard InChI is InChI=1S/C22H24ClN3O2/c1-15(25-26-22(28)18-8-5-9-19(23)14-18)16-10-12-20(13-11-16)24-21(27)17-6-3-2-4-7-17/h5,8-14,17H,2-4,6-7H2,1H3,(H,24,27)(H,26,28). The van der Waals surface area contributed by atoms with Gasteiger partial charge in [0.1, 0.15) is 0 Å². The van der Waals surface area contributed by atoms with E-state index in [1.807, 2.05) is 31.2 Å². The maximum atomic E-state index is 12.3. The number of rotatable bonds is 5. The van der Waals surface area contributed by atoms with E-state index < -0.39 is 0 Å². The van der Waals surface area contributed by atoms with Gasteiger partial charge in [0.25, 0.3) is 5.91 Å². The smallest absolute Gasteiger partial charge is 0.271 e. The van der Waals surface area contributed by atoms with Crippen LogP contribution < -0.4 is 10.7 Å². The summed E-state index contributed by atoms with van der Waals surface area (Å²) in [6.07, 6.45) is 5.44. The molecule has 2 amide bonds. The van der Waals surface area contributed by atoms with E-state index >= 15 is 0 Å². The summed E-state index contributed by atoms with van der Waals surface area (Å²) in [4.78, 5) is 24.5. The van der Waals surface area contributed by atoms with E-state index in [-0.39, 0.29) is 17.7 Å². The lowest BCUT2D eigenvalue weighted by molar-refractivity contribution is -0.120. The number of nitrogens with zero attached hydrogens (tertiary/aromatic N) is 1. The van der Waals surface area contributed by atoms with Gasteiger partial charge in [0, 0.05) is 22.2 Å². The van der Waals surface area contributed by atoms with Gasteiger partial charge in [0.05, 0.1) is 5.71 Å². The van der Waals surface area contributed by atoms with Gasteiger partial charge in [0.2, 0.25) is 5.91 Å². The molecule has 1 saturated carbocycles. The summed E-state index contributed by atoms with van der Waals surface area (Å²) in [6, 6.07) is 14.2. The van der Waals surface area contributed by atoms with E-state index in [2.05, 4.69) is 15.8 Å². The molecule has 6 heteroatoms. The largest absolute Gasteiger partial charge is 0.326 e. The van der Waals surface area contributed by atoms with E-state index in [0.29, 0.717) is 16.3 Å². The number of hydrogen-bond donors (Lipinski definition) is 2. The lowest BCUT2D eigenvalue weighted by Crippen LogP contribution is -2.24. The molecule has 1 fully saturated rings. The molecule has 0 aromatic heterocycles. The molecule has 2 aromatic carbocycles. The third-order valence-electron chi connectivity index (χ3n) is 4.96. The molecule has 0 aliphatic heterocycles. The van der Waals surface area contributed by atoms with Gasteiger partial charge in [-0.1, -0.05) is 49.1 Å². The topological polar surface area (TPSA) is 70.6 Å². The Balaban J connectivity index is 1.58. The van der Waals surface area contributed by atoms with Crippen molar-refractivity contribution in [1.82, 2.24) is 5.43 Å². The van der Waals surface area contributed by atoms with Crippen molar-refractivity contribution in [3.8, 4) is 0 Å². The first-order valence-electron chi connectivity index (χ1n) is 9.54. The lowest BCUT2D eigenvalue weighted by Gasteiger charge is -2.20. The second-order valence-electron chi connectivity index (χ2n) is 7.05. The molecule has 2 aromatic rings. The molecule has 0 atom stereocenters. The van der Waals surface area contributed by atoms with E-state index in [4.69, 9.17) is 11.6 Å². The summed E-state index contributed by atoms with van der Waals surface area (Å²) in [5.74, 6) is -0.0942. The highest BCUT2D eigenvalue weighted by molar-refractivity contribution is 6.31. The van der Waals surface area contributed by atoms with Crippen LogP contribution in [0.4, 0.5) is 5.69 Å². The maximum absolute atomic E-state index is 12.3. The van der Waals surface area contributed by atoms with Gasteiger partial charge in [-0.2, -0.15) is 5.10 Å². The van der Waals surface area contributed by atoms with E-state index in [0.717, 1.165) is 36.9 Å². The summed E-state index contributed by atoms with van der Waals surface area (Å²) in [7, 11) is 0. The van der Waals surface area contributed by atoms with E-state index in [1.54, 1.807) is 24.3 Å². The summed E-state index contributed by atoms with van der Waals surface area (Å²) in [5.41, 5.74) is 5.29. The Labute approximate surface area is 170 Å². The van der Waals surface area contributed by atoms with Gasteiger partial charge < -0.3 is 5.32 Å². The Morgan fingerprint density at radius 2 is 1.71 bits per heavy atom. The summed E-state index contributed by atoms with van der Waals surface area (Å²) < 4.78 is 0. The van der Waals surface area contributed by atoms with Crippen LogP contribution in [0.1, 0.15) is 54.9 Å². The minimum absolute atomic E-state index is 0.103. The Morgan fingerprint density at radius 1 is 1.00 bits per heavy atom. The van der Waals surface area contributed by atoms with Crippen LogP contribution >= 0.6 is 11.6 Å². The first-order chi connectivity index (χ1) is 13.5. The average molecular weight is 398 g/mol. The van der Waals surface area contributed by atoms with Crippen LogP contribution in [0, 0.1) is 5.92 Å². The molecule has 1 aliphatic carbocycles. The SMILES string of the molecule is CC(=NNC(=O)c1cccc(Cl)c1)c1ccc(NC(=O)C2CCCCC2)cc1. The first kappa shape index (κ1) is 20.1. The van der Waals surface area contributed by atoms with Crippen molar-refractivity contribution in [3.05, 3.63) is 64.7 Å². The van der Waals surface area contributed by atoms with Gasteiger partial charge >= 0.3 is 0 Å². The van der Waals surface area contributed by atoms with Crippen molar-refractivity contribution in [2.45, 2.75) is 39.0 Å². The number of hydrogen-bond acceptors (Lipinski definition) is 3. The molecule has 0 unspecified atom stereocenters. The number of nitrogens with one attached hydrogen (secondary N) is 2. The molecule has 146 valence electrons. The Hall–Kier alpha value is -2.66. The zero-order chi connectivity index (χ0) is 19.9. The fourth-order valence-corrected chi connectivity index (χ4v) is 3.49. The third-order valence-corrected chi connectivity index (χ3v) is 5.19. The second-order valence-corrected chi connectivity index (χ2v) is 7.49. The fraction of sp³-hybridized carbons (Fsp3) is 0.318. The number of halogens is 1. The maximum Gasteiger partial charge on any atom is 0.271 e. The van der Waals surface area contributed by atoms with Crippen LogP contribution in [-0.4, -0.2) is 17.5 Å². The van der Waals surface area contributed by atoms with Gasteiger partial charge in [-0.05, 0) is 55.7 Å². The monoisotopic (exact) mass is 397 g/mol. The second kappa shape index (κ2) is 9.51. The summed E-state index contributed by atoms with van der Waals surface area (Å²) in [5, 5.41) is 7.64. The van der Waals surface area contributed by atoms with Gasteiger partial charge in [0.15, 0.2) is 0 Å². The number of benzene rings is 2. The van der Waals surface area contributed by atoms with Crippen LogP contribution in [0.25, 0.3) is 0 Å². The Bertz CT molecular complexity index is 872. The van der Waals surface area contributed by atoms with Crippen LogP contribution in [0.15, 0.2) is 53.6 Å². The number of carbonyl (C=O) groups excluding carboxylic acids is 2. The highest BCUT2D eigenvalue weighted by atomic mass is 35.5. The summed E-state index contributed by atoms with van der Waals surface area (Å²) >= 11 is 5.90. The van der Waals surface area contributed by atoms with Crippen LogP contribution in [-0.2, 0) is 4.79 Å². The molecule has 0 spiro atoms. The Kier molecular flexibility index (Phi) is 6.82. The van der Waals surface area contributed by atoms with Crippen LogP contribution in [0.2, 0.25) is 5.02 Å². The number of anilines is 1. The van der Waals surface area contributed by atoms with Crippen LogP contribution in [0.3, 0.4) is 0 Å². The van der Waals surface area contributed by atoms with Gasteiger partial charge in [-0.15, -0.1) is 0 Å². The van der Waals surface area contributed by atoms with Crippen molar-refractivity contribution in [2.24, 2.45) is 11.0 Å². The summed E-state index contributed by atoms with van der Waals surface area (Å²) in [6.45, 7) is 1.81. The molecule has 2 N–H and O–H groups in total. The highest BCUT2D eigenvalue weighted by Gasteiger charge is 2.20. The number of amides is 2. The molecular weight excluding hydrogens is 374 g/mol. The fourth-order valence-electron chi connectivity index (χ4n) is 3.30. The normalized spacial score (nSPS) is 15.1. The average Bonchev–Trinajstić information content (AvgIpc) is 2.73. The third kappa shape index (κ3) is 5.42. The predicted molar refractivity (Wildman–Crippen MR) is 113 cm³/mol. The zero-order valence-corrected chi connectivity index (χ0v) is 16.6. The van der Waals surface area contributed by atoms with Crippen molar-refractivity contribution in [2.75, 3.05) is 5.32 Å². The van der Waals surface area contributed by atoms with Crippen molar-refractivity contribution >= 4 is 34.8 Å². The molecule has 0 bridgehead atoms. The number of hydrazone groups is 1. The zero-order valence-electron chi connectivity index (χ0n) is 15.9. The van der Waals surface area contributed by atoms with E-state index in [1.165, 1.54) is 6.42 Å². The molecule has 0 saturated heterocycles. The first-order valence-corrected chi connectivity index (χ1v) is 9.92. The molecule has 0 radical (unpaired) electrons. The van der Waals surface area contributed by atoms with Crippen molar-refractivity contribution in [1.29, 1.82) is 0 Å². The predicted octanol–water partition coefficient (Wildman–Crippen LogP) is 5.01. The molecule has 1 aliphatic rings. The molecule has 5 nitrogen and oxygen atoms in total. The molecule has 0 heterocycles. The minimum atomic E-state index is -0.321.